The third-order valence-corrected chi connectivity index (χ3v) is 4.53. The molecule has 1 aliphatic rings. The van der Waals surface area contributed by atoms with Crippen molar-refractivity contribution in [3.05, 3.63) is 16.0 Å². The van der Waals surface area contributed by atoms with E-state index in [0.717, 1.165) is 41.1 Å². The molecule has 0 aromatic carbocycles. The number of nitrogens with zero attached hydrogens (tertiary/aromatic N) is 2. The van der Waals surface area contributed by atoms with E-state index < -0.39 is 0 Å². The monoisotopic (exact) mass is 313 g/mol. The van der Waals surface area contributed by atoms with Crippen molar-refractivity contribution >= 4 is 21.7 Å². The molecule has 18 heavy (non-hydrogen) atoms. The van der Waals surface area contributed by atoms with Crippen molar-refractivity contribution in [1.82, 2.24) is 9.97 Å². The molecule has 1 fully saturated rings. The Bertz CT molecular complexity index is 405. The number of aryl methyl sites for hydroxylation is 1. The van der Waals surface area contributed by atoms with Crippen molar-refractivity contribution in [2.45, 2.75) is 44.6 Å². The standard InChI is InChI=1S/C13H20BrN3O/c1-4-9-10(14)11(15-2)17-12(16-9)13(18-3)7-5-6-8-13/h4-8H2,1-3H3,(H,15,16,17). The summed E-state index contributed by atoms with van der Waals surface area (Å²) in [6, 6.07) is 0. The quantitative estimate of drug-likeness (QED) is 0.926. The van der Waals surface area contributed by atoms with Crippen LogP contribution >= 0.6 is 15.9 Å². The van der Waals surface area contributed by atoms with E-state index in [-0.39, 0.29) is 5.60 Å². The minimum atomic E-state index is -0.282. The van der Waals surface area contributed by atoms with Gasteiger partial charge in [0.05, 0.1) is 10.2 Å². The van der Waals surface area contributed by atoms with Crippen LogP contribution in [0, 0.1) is 0 Å². The van der Waals surface area contributed by atoms with Crippen LogP contribution in [-0.4, -0.2) is 24.1 Å². The second-order valence-electron chi connectivity index (χ2n) is 4.67. The Morgan fingerprint density at radius 3 is 2.50 bits per heavy atom. The smallest absolute Gasteiger partial charge is 0.162 e. The summed E-state index contributed by atoms with van der Waals surface area (Å²) in [5.41, 5.74) is 0.753. The Hall–Kier alpha value is -0.680. The van der Waals surface area contributed by atoms with Gasteiger partial charge in [0, 0.05) is 14.2 Å². The Morgan fingerprint density at radius 2 is 2.00 bits per heavy atom. The van der Waals surface area contributed by atoms with E-state index in [2.05, 4.69) is 33.2 Å². The largest absolute Gasteiger partial charge is 0.372 e. The molecule has 1 aromatic rings. The lowest BCUT2D eigenvalue weighted by Crippen LogP contribution is -2.28. The number of halogens is 1. The number of rotatable bonds is 4. The molecule has 0 unspecified atom stereocenters. The minimum absolute atomic E-state index is 0.282. The van der Waals surface area contributed by atoms with E-state index in [0.29, 0.717) is 0 Å². The maximum atomic E-state index is 5.76. The van der Waals surface area contributed by atoms with Crippen LogP contribution in [0.1, 0.15) is 44.1 Å². The summed E-state index contributed by atoms with van der Waals surface area (Å²) < 4.78 is 6.71. The zero-order valence-corrected chi connectivity index (χ0v) is 12.8. The Kier molecular flexibility index (Phi) is 4.22. The van der Waals surface area contributed by atoms with Gasteiger partial charge in [0.2, 0.25) is 0 Å². The summed E-state index contributed by atoms with van der Waals surface area (Å²) in [4.78, 5) is 9.33. The van der Waals surface area contributed by atoms with E-state index in [1.54, 1.807) is 7.11 Å². The fourth-order valence-electron chi connectivity index (χ4n) is 2.56. The fraction of sp³-hybridized carbons (Fsp3) is 0.692. The van der Waals surface area contributed by atoms with Gasteiger partial charge >= 0.3 is 0 Å². The van der Waals surface area contributed by atoms with Gasteiger partial charge < -0.3 is 10.1 Å². The first kappa shape index (κ1) is 13.7. The zero-order valence-electron chi connectivity index (χ0n) is 11.2. The molecule has 100 valence electrons. The number of aromatic nitrogens is 2. The molecule has 0 bridgehead atoms. The SMILES string of the molecule is CCc1nc(C2(OC)CCCC2)nc(NC)c1Br. The highest BCUT2D eigenvalue weighted by Crippen LogP contribution is 2.41. The fourth-order valence-corrected chi connectivity index (χ4v) is 3.22. The predicted molar refractivity (Wildman–Crippen MR) is 75.8 cm³/mol. The number of hydrogen-bond acceptors (Lipinski definition) is 4. The molecule has 0 saturated heterocycles. The van der Waals surface area contributed by atoms with Crippen LogP contribution in [0.2, 0.25) is 0 Å². The van der Waals surface area contributed by atoms with Gasteiger partial charge in [0.1, 0.15) is 11.4 Å². The molecule has 1 aromatic heterocycles. The van der Waals surface area contributed by atoms with Crippen molar-refractivity contribution in [1.29, 1.82) is 0 Å². The Labute approximate surface area is 117 Å². The van der Waals surface area contributed by atoms with Crippen LogP contribution < -0.4 is 5.32 Å². The molecular formula is C13H20BrN3O. The topological polar surface area (TPSA) is 47.0 Å². The molecule has 1 saturated carbocycles. The van der Waals surface area contributed by atoms with Gasteiger partial charge in [-0.05, 0) is 48.0 Å². The van der Waals surface area contributed by atoms with E-state index in [4.69, 9.17) is 9.72 Å². The van der Waals surface area contributed by atoms with Crippen LogP contribution in [0.3, 0.4) is 0 Å². The molecule has 4 nitrogen and oxygen atoms in total. The maximum absolute atomic E-state index is 5.76. The Morgan fingerprint density at radius 1 is 1.33 bits per heavy atom. The highest BCUT2D eigenvalue weighted by atomic mass is 79.9. The molecule has 5 heteroatoms. The van der Waals surface area contributed by atoms with Crippen molar-refractivity contribution in [2.75, 3.05) is 19.5 Å². The van der Waals surface area contributed by atoms with Crippen LogP contribution in [-0.2, 0) is 16.8 Å². The molecule has 1 N–H and O–H groups in total. The molecule has 1 aliphatic carbocycles. The van der Waals surface area contributed by atoms with E-state index in [9.17, 15) is 0 Å². The summed E-state index contributed by atoms with van der Waals surface area (Å²) in [6.45, 7) is 2.10. The van der Waals surface area contributed by atoms with E-state index in [1.165, 1.54) is 12.8 Å². The summed E-state index contributed by atoms with van der Waals surface area (Å²) in [6.07, 6.45) is 5.27. The average Bonchev–Trinajstić information content (AvgIpc) is 2.89. The van der Waals surface area contributed by atoms with Crippen LogP contribution in [0.25, 0.3) is 0 Å². The molecular weight excluding hydrogens is 294 g/mol. The van der Waals surface area contributed by atoms with Crippen LogP contribution in [0.15, 0.2) is 4.47 Å². The van der Waals surface area contributed by atoms with Gasteiger partial charge in [-0.2, -0.15) is 0 Å². The molecule has 0 spiro atoms. The van der Waals surface area contributed by atoms with Gasteiger partial charge in [-0.25, -0.2) is 9.97 Å². The summed E-state index contributed by atoms with van der Waals surface area (Å²) in [5.74, 6) is 1.67. The molecule has 2 rings (SSSR count). The number of hydrogen-bond donors (Lipinski definition) is 1. The van der Waals surface area contributed by atoms with Crippen molar-refractivity contribution in [3.8, 4) is 0 Å². The highest BCUT2D eigenvalue weighted by Gasteiger charge is 2.39. The zero-order chi connectivity index (χ0) is 13.2. The number of ether oxygens (including phenoxy) is 1. The van der Waals surface area contributed by atoms with Gasteiger partial charge in [-0.3, -0.25) is 0 Å². The van der Waals surface area contributed by atoms with Gasteiger partial charge in [0.15, 0.2) is 5.82 Å². The normalized spacial score (nSPS) is 18.0. The summed E-state index contributed by atoms with van der Waals surface area (Å²) >= 11 is 3.56. The lowest BCUT2D eigenvalue weighted by Gasteiger charge is -2.26. The third-order valence-electron chi connectivity index (χ3n) is 3.70. The van der Waals surface area contributed by atoms with Gasteiger partial charge in [0.25, 0.3) is 0 Å². The minimum Gasteiger partial charge on any atom is -0.372 e. The lowest BCUT2D eigenvalue weighted by molar-refractivity contribution is -0.0163. The first-order chi connectivity index (χ1) is 8.66. The number of nitrogens with one attached hydrogen (secondary N) is 1. The van der Waals surface area contributed by atoms with Gasteiger partial charge in [-0.1, -0.05) is 6.92 Å². The van der Waals surface area contributed by atoms with E-state index >= 15 is 0 Å². The van der Waals surface area contributed by atoms with Crippen molar-refractivity contribution in [3.63, 3.8) is 0 Å². The van der Waals surface area contributed by atoms with Crippen molar-refractivity contribution in [2.24, 2.45) is 0 Å². The Balaban J connectivity index is 2.50. The highest BCUT2D eigenvalue weighted by molar-refractivity contribution is 9.10. The maximum Gasteiger partial charge on any atom is 0.162 e. The van der Waals surface area contributed by atoms with E-state index in [1.807, 2.05) is 7.05 Å². The predicted octanol–water partition coefficient (Wildman–Crippen LogP) is 3.26. The number of methoxy groups -OCH3 is 1. The molecule has 0 aliphatic heterocycles. The summed E-state index contributed by atoms with van der Waals surface area (Å²) in [5, 5.41) is 3.12. The third kappa shape index (κ3) is 2.26. The van der Waals surface area contributed by atoms with Crippen LogP contribution in [0.4, 0.5) is 5.82 Å². The lowest BCUT2D eigenvalue weighted by atomic mass is 10.0. The molecule has 1 heterocycles. The first-order valence-corrected chi connectivity index (χ1v) is 7.26. The second-order valence-corrected chi connectivity index (χ2v) is 5.46. The second kappa shape index (κ2) is 5.53. The molecule has 0 amide bonds. The number of anilines is 1. The molecule has 0 atom stereocenters. The van der Waals surface area contributed by atoms with Crippen molar-refractivity contribution < 1.29 is 4.74 Å². The van der Waals surface area contributed by atoms with Crippen LogP contribution in [0.5, 0.6) is 0 Å². The van der Waals surface area contributed by atoms with Gasteiger partial charge in [-0.15, -0.1) is 0 Å². The summed E-state index contributed by atoms with van der Waals surface area (Å²) in [7, 11) is 3.64. The molecule has 0 radical (unpaired) electrons. The average molecular weight is 314 g/mol. The first-order valence-electron chi connectivity index (χ1n) is 6.46.